The third kappa shape index (κ3) is 2.95. The van der Waals surface area contributed by atoms with Crippen LogP contribution in [-0.4, -0.2) is 37.5 Å². The van der Waals surface area contributed by atoms with Crippen LogP contribution in [0.1, 0.15) is 25.7 Å². The summed E-state index contributed by atoms with van der Waals surface area (Å²) >= 11 is 0. The summed E-state index contributed by atoms with van der Waals surface area (Å²) in [6.07, 6.45) is 5.04. The van der Waals surface area contributed by atoms with E-state index in [2.05, 4.69) is 16.0 Å². The lowest BCUT2D eigenvalue weighted by molar-refractivity contribution is -0.126. The minimum Gasteiger partial charge on any atom is -0.354 e. The highest BCUT2D eigenvalue weighted by molar-refractivity contribution is 5.86. The van der Waals surface area contributed by atoms with Gasteiger partial charge in [-0.1, -0.05) is 12.8 Å². The van der Waals surface area contributed by atoms with Crippen LogP contribution in [0.25, 0.3) is 0 Å². The Morgan fingerprint density at radius 3 is 2.75 bits per heavy atom. The number of rotatable bonds is 3. The normalized spacial score (nSPS) is 26.5. The van der Waals surface area contributed by atoms with E-state index in [1.807, 2.05) is 0 Å². The predicted octanol–water partition coefficient (Wildman–Crippen LogP) is -0.619. The Morgan fingerprint density at radius 2 is 2.12 bits per heavy atom. The van der Waals surface area contributed by atoms with Gasteiger partial charge < -0.3 is 10.6 Å². The first-order valence-electron chi connectivity index (χ1n) is 6.03. The highest BCUT2D eigenvalue weighted by Gasteiger charge is 2.24. The summed E-state index contributed by atoms with van der Waals surface area (Å²) in [5.74, 6) is 0.619. The average Bonchev–Trinajstić information content (AvgIpc) is 2.80. The van der Waals surface area contributed by atoms with Crippen LogP contribution in [0.3, 0.4) is 0 Å². The van der Waals surface area contributed by atoms with Gasteiger partial charge in [0.2, 0.25) is 11.8 Å². The van der Waals surface area contributed by atoms with Crippen LogP contribution in [0.15, 0.2) is 0 Å². The van der Waals surface area contributed by atoms with Gasteiger partial charge in [-0.05, 0) is 18.8 Å². The van der Waals surface area contributed by atoms with Crippen LogP contribution in [0, 0.1) is 5.92 Å². The number of nitrogens with one attached hydrogen (secondary N) is 3. The molecule has 1 unspecified atom stereocenters. The molecule has 1 atom stereocenters. The van der Waals surface area contributed by atoms with E-state index < -0.39 is 0 Å². The zero-order valence-corrected chi connectivity index (χ0v) is 9.42. The van der Waals surface area contributed by atoms with Gasteiger partial charge in [0.05, 0.1) is 6.54 Å². The predicted molar refractivity (Wildman–Crippen MR) is 59.8 cm³/mol. The van der Waals surface area contributed by atoms with Gasteiger partial charge in [-0.2, -0.15) is 0 Å². The van der Waals surface area contributed by atoms with E-state index in [0.717, 1.165) is 6.54 Å². The second kappa shape index (κ2) is 5.30. The fourth-order valence-electron chi connectivity index (χ4n) is 2.33. The van der Waals surface area contributed by atoms with E-state index >= 15 is 0 Å². The van der Waals surface area contributed by atoms with Crippen molar-refractivity contribution in [1.82, 2.24) is 16.0 Å². The molecule has 16 heavy (non-hydrogen) atoms. The Bertz CT molecular complexity index is 264. The first kappa shape index (κ1) is 11.4. The average molecular weight is 225 g/mol. The van der Waals surface area contributed by atoms with Gasteiger partial charge in [-0.3, -0.25) is 14.9 Å². The summed E-state index contributed by atoms with van der Waals surface area (Å²) in [7, 11) is 0. The van der Waals surface area contributed by atoms with Crippen molar-refractivity contribution >= 4 is 11.8 Å². The third-order valence-electron chi connectivity index (χ3n) is 3.37. The maximum Gasteiger partial charge on any atom is 0.238 e. The molecule has 2 aliphatic rings. The quantitative estimate of drug-likeness (QED) is 0.599. The molecule has 0 aromatic carbocycles. The number of hydrogen-bond donors (Lipinski definition) is 3. The minimum absolute atomic E-state index is 0.00639. The van der Waals surface area contributed by atoms with Gasteiger partial charge in [-0.15, -0.1) is 0 Å². The molecule has 0 spiro atoms. The van der Waals surface area contributed by atoms with Crippen molar-refractivity contribution in [2.45, 2.75) is 31.7 Å². The van der Waals surface area contributed by atoms with Gasteiger partial charge in [0.25, 0.3) is 0 Å². The number of carbonyl (C=O) groups excluding carboxylic acids is 2. The molecule has 2 rings (SSSR count). The monoisotopic (exact) mass is 225 g/mol. The lowest BCUT2D eigenvalue weighted by Gasteiger charge is -2.23. The highest BCUT2D eigenvalue weighted by Crippen LogP contribution is 2.23. The Hall–Kier alpha value is -1.10. The molecule has 0 aromatic rings. The molecular formula is C11H19N3O2. The molecule has 0 radical (unpaired) electrons. The van der Waals surface area contributed by atoms with Crippen LogP contribution in [-0.2, 0) is 9.59 Å². The van der Waals surface area contributed by atoms with E-state index in [4.69, 9.17) is 0 Å². The molecule has 1 aliphatic carbocycles. The van der Waals surface area contributed by atoms with Crippen LogP contribution >= 0.6 is 0 Å². The number of carbonyl (C=O) groups is 2. The Balaban J connectivity index is 1.68. The van der Waals surface area contributed by atoms with E-state index in [9.17, 15) is 9.59 Å². The zero-order valence-electron chi connectivity index (χ0n) is 9.42. The highest BCUT2D eigenvalue weighted by atomic mass is 16.2. The van der Waals surface area contributed by atoms with Gasteiger partial charge >= 0.3 is 0 Å². The van der Waals surface area contributed by atoms with E-state index in [-0.39, 0.29) is 24.4 Å². The second-order valence-electron chi connectivity index (χ2n) is 4.63. The fourth-order valence-corrected chi connectivity index (χ4v) is 2.33. The molecule has 90 valence electrons. The summed E-state index contributed by atoms with van der Waals surface area (Å²) in [6.45, 7) is 1.42. The summed E-state index contributed by atoms with van der Waals surface area (Å²) in [5, 5.41) is 8.56. The summed E-state index contributed by atoms with van der Waals surface area (Å²) < 4.78 is 0. The van der Waals surface area contributed by atoms with E-state index in [1.54, 1.807) is 0 Å². The standard InChI is InChI=1S/C11H19N3O2/c15-10-7-12-9(6-13-10)11(16)14-5-8-3-1-2-4-8/h8-9,12H,1-7H2,(H,13,15)(H,14,16). The zero-order chi connectivity index (χ0) is 11.4. The molecule has 2 amide bonds. The molecular weight excluding hydrogens is 206 g/mol. The number of hydrogen-bond acceptors (Lipinski definition) is 3. The van der Waals surface area contributed by atoms with Crippen molar-refractivity contribution in [1.29, 1.82) is 0 Å². The topological polar surface area (TPSA) is 70.2 Å². The van der Waals surface area contributed by atoms with Crippen molar-refractivity contribution in [3.8, 4) is 0 Å². The van der Waals surface area contributed by atoms with Crippen molar-refractivity contribution in [3.63, 3.8) is 0 Å². The van der Waals surface area contributed by atoms with Crippen LogP contribution < -0.4 is 16.0 Å². The second-order valence-corrected chi connectivity index (χ2v) is 4.63. The maximum absolute atomic E-state index is 11.7. The molecule has 1 saturated heterocycles. The maximum atomic E-state index is 11.7. The van der Waals surface area contributed by atoms with E-state index in [0.29, 0.717) is 12.5 Å². The van der Waals surface area contributed by atoms with Gasteiger partial charge in [-0.25, -0.2) is 0 Å². The van der Waals surface area contributed by atoms with Crippen molar-refractivity contribution in [2.24, 2.45) is 5.92 Å². The van der Waals surface area contributed by atoms with Crippen LogP contribution in [0.5, 0.6) is 0 Å². The fraction of sp³-hybridized carbons (Fsp3) is 0.818. The van der Waals surface area contributed by atoms with E-state index in [1.165, 1.54) is 25.7 Å². The first-order chi connectivity index (χ1) is 7.75. The smallest absolute Gasteiger partial charge is 0.238 e. The summed E-state index contributed by atoms with van der Waals surface area (Å²) in [5.41, 5.74) is 0. The van der Waals surface area contributed by atoms with Gasteiger partial charge in [0.15, 0.2) is 0 Å². The molecule has 1 aliphatic heterocycles. The number of piperazine rings is 1. The van der Waals surface area contributed by atoms with Gasteiger partial charge in [0, 0.05) is 13.1 Å². The lowest BCUT2D eigenvalue weighted by atomic mass is 10.1. The van der Waals surface area contributed by atoms with Crippen LogP contribution in [0.2, 0.25) is 0 Å². The molecule has 2 fully saturated rings. The van der Waals surface area contributed by atoms with Crippen molar-refractivity contribution in [2.75, 3.05) is 19.6 Å². The molecule has 1 saturated carbocycles. The lowest BCUT2D eigenvalue weighted by Crippen LogP contribution is -2.58. The molecule has 3 N–H and O–H groups in total. The molecule has 5 nitrogen and oxygen atoms in total. The SMILES string of the molecule is O=C1CNC(C(=O)NCC2CCCC2)CN1. The first-order valence-corrected chi connectivity index (χ1v) is 6.03. The van der Waals surface area contributed by atoms with Crippen molar-refractivity contribution in [3.05, 3.63) is 0 Å². The molecule has 5 heteroatoms. The van der Waals surface area contributed by atoms with Crippen molar-refractivity contribution < 1.29 is 9.59 Å². The Labute approximate surface area is 95.3 Å². The Kier molecular flexibility index (Phi) is 3.77. The van der Waals surface area contributed by atoms with Gasteiger partial charge in [0.1, 0.15) is 6.04 Å². The minimum atomic E-state index is -0.265. The largest absolute Gasteiger partial charge is 0.354 e. The molecule has 0 aromatic heterocycles. The summed E-state index contributed by atoms with van der Waals surface area (Å²) in [6, 6.07) is -0.265. The molecule has 0 bridgehead atoms. The number of amides is 2. The van der Waals surface area contributed by atoms with Crippen LogP contribution in [0.4, 0.5) is 0 Å². The Morgan fingerprint density at radius 1 is 1.38 bits per heavy atom. The summed E-state index contributed by atoms with van der Waals surface area (Å²) in [4.78, 5) is 22.6. The molecule has 1 heterocycles. The third-order valence-corrected chi connectivity index (χ3v) is 3.37.